The van der Waals surface area contributed by atoms with Crippen molar-refractivity contribution in [3.8, 4) is 0 Å². The van der Waals surface area contributed by atoms with Gasteiger partial charge in [-0.25, -0.2) is 4.79 Å². The Balaban J connectivity index is 1.45. The van der Waals surface area contributed by atoms with E-state index < -0.39 is 5.54 Å². The van der Waals surface area contributed by atoms with Crippen molar-refractivity contribution in [3.63, 3.8) is 0 Å². The smallest absolute Gasteiger partial charge is 0.322 e. The number of nitrogens with zero attached hydrogens (tertiary/aromatic N) is 1. The predicted molar refractivity (Wildman–Crippen MR) is 106 cm³/mol. The van der Waals surface area contributed by atoms with E-state index in [0.717, 1.165) is 44.6 Å². The zero-order chi connectivity index (χ0) is 19.1. The lowest BCUT2D eigenvalue weighted by Gasteiger charge is -2.61. The maximum Gasteiger partial charge on any atom is 0.322 e. The van der Waals surface area contributed by atoms with Crippen molar-refractivity contribution in [1.82, 2.24) is 15.5 Å². The van der Waals surface area contributed by atoms with E-state index >= 15 is 0 Å². The molecule has 2 aliphatic heterocycles. The molecule has 6 rings (SSSR count). The Labute approximate surface area is 166 Å². The fourth-order valence-corrected chi connectivity index (χ4v) is 6.98. The molecule has 2 heterocycles. The van der Waals surface area contributed by atoms with Crippen molar-refractivity contribution in [1.29, 1.82) is 0 Å². The lowest BCUT2D eigenvalue weighted by atomic mass is 9.49. The third kappa shape index (κ3) is 2.28. The quantitative estimate of drug-likeness (QED) is 0.777. The van der Waals surface area contributed by atoms with Crippen molar-refractivity contribution in [2.24, 2.45) is 11.8 Å². The first-order chi connectivity index (χ1) is 13.5. The van der Waals surface area contributed by atoms with Crippen LogP contribution in [0.15, 0.2) is 18.2 Å². The zero-order valence-corrected chi connectivity index (χ0v) is 16.6. The fraction of sp³-hybridized carbons (Fsp3) is 0.652. The molecule has 0 aromatic heterocycles. The number of carbonyl (C=O) groups is 2. The monoisotopic (exact) mass is 379 g/mol. The normalized spacial score (nSPS) is 39.3. The Morgan fingerprint density at radius 3 is 2.79 bits per heavy atom. The minimum Gasteiger partial charge on any atom is -0.323 e. The Morgan fingerprint density at radius 2 is 2.04 bits per heavy atom. The highest BCUT2D eigenvalue weighted by Crippen LogP contribution is 2.58. The molecule has 1 aromatic rings. The highest BCUT2D eigenvalue weighted by atomic mass is 16.2. The number of imide groups is 1. The van der Waals surface area contributed by atoms with Gasteiger partial charge in [-0.15, -0.1) is 0 Å². The van der Waals surface area contributed by atoms with Gasteiger partial charge in [-0.05, 0) is 81.4 Å². The molecule has 3 aliphatic carbocycles. The summed E-state index contributed by atoms with van der Waals surface area (Å²) in [6, 6.07) is 7.21. The number of carbonyl (C=O) groups excluding carboxylic acids is 2. The molecule has 2 saturated carbocycles. The summed E-state index contributed by atoms with van der Waals surface area (Å²) in [4.78, 5) is 27.5. The van der Waals surface area contributed by atoms with Crippen LogP contribution in [0, 0.1) is 18.8 Å². The molecule has 3 amide bonds. The largest absolute Gasteiger partial charge is 0.323 e. The van der Waals surface area contributed by atoms with Gasteiger partial charge in [0.15, 0.2) is 0 Å². The van der Waals surface area contributed by atoms with Crippen LogP contribution in [0.4, 0.5) is 4.79 Å². The number of benzene rings is 1. The van der Waals surface area contributed by atoms with E-state index in [-0.39, 0.29) is 17.4 Å². The zero-order valence-electron chi connectivity index (χ0n) is 16.6. The first-order valence-electron chi connectivity index (χ1n) is 11.0. The summed E-state index contributed by atoms with van der Waals surface area (Å²) in [5.74, 6) is 1.38. The number of fused-ring (bicyclic) bond motifs is 1. The molecule has 2 bridgehead atoms. The Morgan fingerprint density at radius 1 is 1.18 bits per heavy atom. The maximum atomic E-state index is 12.8. The maximum absolute atomic E-state index is 12.8. The third-order valence-electron chi connectivity index (χ3n) is 8.42. The molecule has 5 aliphatic rings. The molecular weight excluding hydrogens is 350 g/mol. The van der Waals surface area contributed by atoms with Crippen molar-refractivity contribution < 1.29 is 9.59 Å². The Bertz CT molecular complexity index is 879. The van der Waals surface area contributed by atoms with Gasteiger partial charge in [0.05, 0.1) is 0 Å². The molecule has 5 nitrogen and oxygen atoms in total. The van der Waals surface area contributed by atoms with E-state index in [1.165, 1.54) is 36.1 Å². The number of rotatable bonds is 2. The number of nitrogens with one attached hydrogen (secondary N) is 2. The third-order valence-corrected chi connectivity index (χ3v) is 8.42. The van der Waals surface area contributed by atoms with Gasteiger partial charge >= 0.3 is 6.03 Å². The average Bonchev–Trinajstić information content (AvgIpc) is 3.43. The van der Waals surface area contributed by atoms with Gasteiger partial charge in [-0.2, -0.15) is 0 Å². The summed E-state index contributed by atoms with van der Waals surface area (Å²) < 4.78 is 0. The number of likely N-dealkylation sites (tertiary alicyclic amines) is 1. The van der Waals surface area contributed by atoms with E-state index in [9.17, 15) is 9.59 Å². The summed E-state index contributed by atoms with van der Waals surface area (Å²) in [5.41, 5.74) is 3.53. The molecule has 2 N–H and O–H groups in total. The number of aryl methyl sites for hydroxylation is 1. The van der Waals surface area contributed by atoms with Crippen molar-refractivity contribution >= 4 is 11.9 Å². The van der Waals surface area contributed by atoms with Crippen molar-refractivity contribution in [2.75, 3.05) is 13.1 Å². The van der Waals surface area contributed by atoms with Gasteiger partial charge in [0.1, 0.15) is 5.54 Å². The van der Waals surface area contributed by atoms with Crippen LogP contribution < -0.4 is 10.6 Å². The molecule has 4 atom stereocenters. The number of piperidine rings is 1. The second kappa shape index (κ2) is 5.59. The first kappa shape index (κ1) is 17.0. The van der Waals surface area contributed by atoms with Crippen LogP contribution in [0.3, 0.4) is 0 Å². The van der Waals surface area contributed by atoms with Gasteiger partial charge in [0.2, 0.25) is 0 Å². The summed E-state index contributed by atoms with van der Waals surface area (Å²) in [6.45, 7) is 4.54. The Kier molecular flexibility index (Phi) is 3.40. The second-order valence-corrected chi connectivity index (χ2v) is 10.1. The van der Waals surface area contributed by atoms with Gasteiger partial charge < -0.3 is 5.32 Å². The highest BCUT2D eigenvalue weighted by Gasteiger charge is 2.62. The van der Waals surface area contributed by atoms with Gasteiger partial charge in [0, 0.05) is 18.0 Å². The first-order valence-corrected chi connectivity index (χ1v) is 11.0. The van der Waals surface area contributed by atoms with Crippen LogP contribution >= 0.6 is 0 Å². The molecule has 5 heteroatoms. The predicted octanol–water partition coefficient (Wildman–Crippen LogP) is 2.65. The molecule has 0 radical (unpaired) electrons. The van der Waals surface area contributed by atoms with E-state index in [1.54, 1.807) is 0 Å². The summed E-state index contributed by atoms with van der Waals surface area (Å²) in [5, 5.41) is 5.56. The fourth-order valence-electron chi connectivity index (χ4n) is 6.98. The number of hydrogen-bond donors (Lipinski definition) is 2. The lowest BCUT2D eigenvalue weighted by Crippen LogP contribution is -2.67. The molecule has 148 valence electrons. The number of urea groups is 1. The van der Waals surface area contributed by atoms with E-state index in [4.69, 9.17) is 0 Å². The SMILES string of the molecule is Cc1ccc2c(c1)[C@]13CCN(CC4CC4)[C@H](C2)[C@@H]1CC[C@@]1(C3)NC(=O)NC1=O. The van der Waals surface area contributed by atoms with E-state index in [0.29, 0.717) is 12.0 Å². The molecule has 4 fully saturated rings. The molecular formula is C23H29N3O2. The minimum absolute atomic E-state index is 0.0114. The number of amides is 3. The van der Waals surface area contributed by atoms with Gasteiger partial charge in [-0.3, -0.25) is 15.0 Å². The molecule has 1 aromatic carbocycles. The number of hydrogen-bond acceptors (Lipinski definition) is 3. The van der Waals surface area contributed by atoms with E-state index in [1.807, 2.05) is 0 Å². The van der Waals surface area contributed by atoms with Crippen LogP contribution in [0.25, 0.3) is 0 Å². The summed E-state index contributed by atoms with van der Waals surface area (Å²) in [6.07, 6.45) is 7.57. The molecule has 1 spiro atoms. The highest BCUT2D eigenvalue weighted by molar-refractivity contribution is 6.07. The van der Waals surface area contributed by atoms with Crippen LogP contribution in [0.2, 0.25) is 0 Å². The average molecular weight is 380 g/mol. The molecule has 28 heavy (non-hydrogen) atoms. The molecule has 2 saturated heterocycles. The van der Waals surface area contributed by atoms with Crippen LogP contribution in [-0.2, 0) is 16.6 Å². The van der Waals surface area contributed by atoms with Crippen LogP contribution in [-0.4, -0.2) is 41.5 Å². The Hall–Kier alpha value is -1.88. The van der Waals surface area contributed by atoms with Crippen molar-refractivity contribution in [3.05, 3.63) is 34.9 Å². The minimum atomic E-state index is -0.713. The second-order valence-electron chi connectivity index (χ2n) is 10.1. The topological polar surface area (TPSA) is 61.4 Å². The van der Waals surface area contributed by atoms with E-state index in [2.05, 4.69) is 40.7 Å². The summed E-state index contributed by atoms with van der Waals surface area (Å²) in [7, 11) is 0. The van der Waals surface area contributed by atoms with Gasteiger partial charge in [-0.1, -0.05) is 23.8 Å². The molecule has 0 unspecified atom stereocenters. The van der Waals surface area contributed by atoms with Crippen molar-refractivity contribution in [2.45, 2.75) is 68.9 Å². The summed E-state index contributed by atoms with van der Waals surface area (Å²) >= 11 is 0. The van der Waals surface area contributed by atoms with Crippen LogP contribution in [0.5, 0.6) is 0 Å². The lowest BCUT2D eigenvalue weighted by molar-refractivity contribution is -0.129. The standard InChI is InChI=1S/C23H29N3O2/c1-14-2-5-16-11-19-17-6-7-23(20(27)24-21(28)25-23)13-22(17,18(16)10-14)8-9-26(19)12-15-3-4-15/h2,5,10,15,17,19H,3-4,6-9,11-13H2,1H3,(H2,24,25,27,28)/t17-,19+,22-,23-/m0/s1. The van der Waals surface area contributed by atoms with Crippen LogP contribution in [0.1, 0.15) is 55.2 Å². The van der Waals surface area contributed by atoms with Gasteiger partial charge in [0.25, 0.3) is 5.91 Å².